The predicted octanol–water partition coefficient (Wildman–Crippen LogP) is 3.10. The minimum atomic E-state index is -1.17. The van der Waals surface area contributed by atoms with Gasteiger partial charge in [-0.1, -0.05) is 6.07 Å². The summed E-state index contributed by atoms with van der Waals surface area (Å²) in [5.41, 5.74) is 0.897. The number of non-ortho nitro benzene ring substituents is 1. The van der Waals surface area contributed by atoms with Crippen LogP contribution in [-0.4, -0.2) is 21.0 Å². The molecule has 7 nitrogen and oxygen atoms in total. The van der Waals surface area contributed by atoms with Gasteiger partial charge in [-0.2, -0.15) is 0 Å². The third-order valence-electron chi connectivity index (χ3n) is 2.77. The fraction of sp³-hybridized carbons (Fsp3) is 0.143. The number of pyridine rings is 1. The molecule has 0 aliphatic carbocycles. The number of nitro benzene ring substituents is 1. The van der Waals surface area contributed by atoms with E-state index >= 15 is 0 Å². The van der Waals surface area contributed by atoms with Gasteiger partial charge in [0.15, 0.2) is 0 Å². The molecule has 0 aliphatic heterocycles. The molecule has 7 heteroatoms. The van der Waals surface area contributed by atoms with E-state index in [4.69, 9.17) is 4.74 Å². The number of hydrogen-bond donors (Lipinski definition) is 1. The summed E-state index contributed by atoms with van der Waals surface area (Å²) < 4.78 is 5.43. The van der Waals surface area contributed by atoms with E-state index in [-0.39, 0.29) is 22.9 Å². The van der Waals surface area contributed by atoms with Crippen molar-refractivity contribution in [2.75, 3.05) is 0 Å². The molecule has 0 aliphatic rings. The van der Waals surface area contributed by atoms with E-state index < -0.39 is 10.9 Å². The molecule has 0 spiro atoms. The number of hydrogen-bond acceptors (Lipinski definition) is 5. The summed E-state index contributed by atoms with van der Waals surface area (Å²) in [6.07, 6.45) is 0. The normalized spacial score (nSPS) is 10.2. The summed E-state index contributed by atoms with van der Waals surface area (Å²) in [7, 11) is 0. The standard InChI is InChI=1S/C14H12N2O5/c1-8-6-9(2)15-13(12(8)14(17)18)21-11-5-3-4-10(7-11)16(19)20/h3-7H,1-2H3,(H,17,18). The van der Waals surface area contributed by atoms with E-state index in [0.29, 0.717) is 11.3 Å². The molecule has 0 bridgehead atoms. The van der Waals surface area contributed by atoms with Crippen LogP contribution in [0, 0.1) is 24.0 Å². The zero-order valence-corrected chi connectivity index (χ0v) is 11.4. The monoisotopic (exact) mass is 288 g/mol. The zero-order valence-electron chi connectivity index (χ0n) is 11.4. The van der Waals surface area contributed by atoms with Crippen molar-refractivity contribution in [3.63, 3.8) is 0 Å². The number of benzene rings is 1. The molecule has 1 aromatic heterocycles. The van der Waals surface area contributed by atoms with Crippen molar-refractivity contribution in [3.8, 4) is 11.6 Å². The van der Waals surface area contributed by atoms with Crippen LogP contribution in [0.25, 0.3) is 0 Å². The van der Waals surface area contributed by atoms with Gasteiger partial charge in [-0.15, -0.1) is 0 Å². The van der Waals surface area contributed by atoms with E-state index in [9.17, 15) is 20.0 Å². The molecule has 2 aromatic rings. The highest BCUT2D eigenvalue weighted by molar-refractivity contribution is 5.92. The molecule has 0 saturated carbocycles. The maximum Gasteiger partial charge on any atom is 0.341 e. The molecule has 0 atom stereocenters. The average Bonchev–Trinajstić information content (AvgIpc) is 2.37. The third-order valence-corrected chi connectivity index (χ3v) is 2.77. The molecule has 1 N–H and O–H groups in total. The number of rotatable bonds is 4. The first kappa shape index (κ1) is 14.4. The lowest BCUT2D eigenvalue weighted by Gasteiger charge is -2.10. The Labute approximate surface area is 120 Å². The number of aromatic nitrogens is 1. The van der Waals surface area contributed by atoms with Crippen LogP contribution in [0.2, 0.25) is 0 Å². The second kappa shape index (κ2) is 5.58. The van der Waals surface area contributed by atoms with Crippen LogP contribution in [0.15, 0.2) is 30.3 Å². The topological polar surface area (TPSA) is 103 Å². The number of nitrogens with zero attached hydrogens (tertiary/aromatic N) is 2. The first-order chi connectivity index (χ1) is 9.88. The van der Waals surface area contributed by atoms with Gasteiger partial charge in [0.2, 0.25) is 5.88 Å². The number of aromatic carboxylic acids is 1. The van der Waals surface area contributed by atoms with Crippen LogP contribution in [0.4, 0.5) is 5.69 Å². The van der Waals surface area contributed by atoms with Crippen molar-refractivity contribution in [2.24, 2.45) is 0 Å². The second-order valence-corrected chi connectivity index (χ2v) is 4.42. The molecule has 0 amide bonds. The smallest absolute Gasteiger partial charge is 0.341 e. The quantitative estimate of drug-likeness (QED) is 0.685. The number of carboxylic acids is 1. The lowest BCUT2D eigenvalue weighted by atomic mass is 10.1. The van der Waals surface area contributed by atoms with Crippen molar-refractivity contribution in [1.82, 2.24) is 4.98 Å². The SMILES string of the molecule is Cc1cc(C)c(C(=O)O)c(Oc2cccc([N+](=O)[O-])c2)n1. The molecule has 0 fully saturated rings. The van der Waals surface area contributed by atoms with Crippen molar-refractivity contribution < 1.29 is 19.6 Å². The Morgan fingerprint density at radius 3 is 2.67 bits per heavy atom. The van der Waals surface area contributed by atoms with Crippen molar-refractivity contribution >= 4 is 11.7 Å². The fourth-order valence-corrected chi connectivity index (χ4v) is 1.91. The molecule has 2 rings (SSSR count). The number of nitro groups is 1. The van der Waals surface area contributed by atoms with Gasteiger partial charge >= 0.3 is 5.97 Å². The molecule has 1 aromatic carbocycles. The van der Waals surface area contributed by atoms with Gasteiger partial charge in [0.1, 0.15) is 11.3 Å². The van der Waals surface area contributed by atoms with Gasteiger partial charge in [0.05, 0.1) is 11.0 Å². The summed E-state index contributed by atoms with van der Waals surface area (Å²) in [6.45, 7) is 3.34. The molecule has 0 radical (unpaired) electrons. The first-order valence-corrected chi connectivity index (χ1v) is 6.02. The van der Waals surface area contributed by atoms with Crippen LogP contribution in [0.1, 0.15) is 21.6 Å². The minimum Gasteiger partial charge on any atom is -0.477 e. The fourth-order valence-electron chi connectivity index (χ4n) is 1.91. The number of carboxylic acid groups (broad SMARTS) is 1. The van der Waals surface area contributed by atoms with Crippen LogP contribution in [0.5, 0.6) is 11.6 Å². The van der Waals surface area contributed by atoms with Crippen molar-refractivity contribution in [2.45, 2.75) is 13.8 Å². The summed E-state index contributed by atoms with van der Waals surface area (Å²) in [6, 6.07) is 7.11. The number of aryl methyl sites for hydroxylation is 2. The highest BCUT2D eigenvalue weighted by Gasteiger charge is 2.18. The molecular weight excluding hydrogens is 276 g/mol. The van der Waals surface area contributed by atoms with Crippen LogP contribution >= 0.6 is 0 Å². The van der Waals surface area contributed by atoms with Crippen LogP contribution < -0.4 is 4.74 Å². The van der Waals surface area contributed by atoms with E-state index in [1.165, 1.54) is 24.3 Å². The minimum absolute atomic E-state index is 0.0629. The van der Waals surface area contributed by atoms with Gasteiger partial charge in [-0.05, 0) is 31.5 Å². The average molecular weight is 288 g/mol. The van der Waals surface area contributed by atoms with Crippen LogP contribution in [-0.2, 0) is 0 Å². The predicted molar refractivity (Wildman–Crippen MR) is 73.8 cm³/mol. The summed E-state index contributed by atoms with van der Waals surface area (Å²) in [5.74, 6) is -1.09. The van der Waals surface area contributed by atoms with E-state index in [1.807, 2.05) is 0 Å². The first-order valence-electron chi connectivity index (χ1n) is 6.02. The second-order valence-electron chi connectivity index (χ2n) is 4.42. The lowest BCUT2D eigenvalue weighted by Crippen LogP contribution is -2.06. The Hall–Kier alpha value is -2.96. The van der Waals surface area contributed by atoms with Gasteiger partial charge < -0.3 is 9.84 Å². The Morgan fingerprint density at radius 2 is 2.05 bits per heavy atom. The summed E-state index contributed by atoms with van der Waals surface area (Å²) in [4.78, 5) is 25.5. The summed E-state index contributed by atoms with van der Waals surface area (Å²) in [5, 5.41) is 20.0. The highest BCUT2D eigenvalue weighted by atomic mass is 16.6. The van der Waals surface area contributed by atoms with E-state index in [0.717, 1.165) is 0 Å². The lowest BCUT2D eigenvalue weighted by molar-refractivity contribution is -0.384. The maximum absolute atomic E-state index is 11.3. The molecule has 1 heterocycles. The molecule has 0 unspecified atom stereocenters. The summed E-state index contributed by atoms with van der Waals surface area (Å²) >= 11 is 0. The Bertz CT molecular complexity index is 727. The maximum atomic E-state index is 11.3. The van der Waals surface area contributed by atoms with E-state index in [1.54, 1.807) is 19.9 Å². The number of carbonyl (C=O) groups is 1. The molecular formula is C14H12N2O5. The Balaban J connectivity index is 2.46. The Kier molecular flexibility index (Phi) is 3.84. The zero-order chi connectivity index (χ0) is 15.6. The highest BCUT2D eigenvalue weighted by Crippen LogP contribution is 2.28. The molecule has 21 heavy (non-hydrogen) atoms. The third kappa shape index (κ3) is 3.14. The van der Waals surface area contributed by atoms with Gasteiger partial charge in [0, 0.05) is 11.8 Å². The van der Waals surface area contributed by atoms with E-state index in [2.05, 4.69) is 4.98 Å². The largest absolute Gasteiger partial charge is 0.477 e. The molecule has 108 valence electrons. The van der Waals surface area contributed by atoms with Gasteiger partial charge in [0.25, 0.3) is 5.69 Å². The molecule has 0 saturated heterocycles. The van der Waals surface area contributed by atoms with Crippen LogP contribution in [0.3, 0.4) is 0 Å². The Morgan fingerprint density at radius 1 is 1.33 bits per heavy atom. The van der Waals surface area contributed by atoms with Crippen molar-refractivity contribution in [3.05, 3.63) is 57.3 Å². The van der Waals surface area contributed by atoms with Gasteiger partial charge in [-0.3, -0.25) is 10.1 Å². The van der Waals surface area contributed by atoms with Crippen molar-refractivity contribution in [1.29, 1.82) is 0 Å². The van der Waals surface area contributed by atoms with Gasteiger partial charge in [-0.25, -0.2) is 9.78 Å². The number of ether oxygens (including phenoxy) is 1.